The summed E-state index contributed by atoms with van der Waals surface area (Å²) in [6.07, 6.45) is 3.08. The lowest BCUT2D eigenvalue weighted by Gasteiger charge is -2.29. The van der Waals surface area contributed by atoms with Crippen molar-refractivity contribution in [3.8, 4) is 0 Å². The molecule has 2 rings (SSSR count). The number of aromatic amines is 1. The molecule has 2 nitrogen and oxygen atoms in total. The Bertz CT molecular complexity index is 680. The highest BCUT2D eigenvalue weighted by molar-refractivity contribution is 9.10. The van der Waals surface area contributed by atoms with Gasteiger partial charge in [0.05, 0.1) is 5.69 Å². The minimum Gasteiger partial charge on any atom is -0.359 e. The number of rotatable bonds is 4. The molecule has 0 radical (unpaired) electrons. The number of hydrogen-bond acceptors (Lipinski definition) is 1. The zero-order valence-corrected chi connectivity index (χ0v) is 17.2. The van der Waals surface area contributed by atoms with E-state index in [1.807, 2.05) is 12.1 Å². The van der Waals surface area contributed by atoms with Crippen LogP contribution in [0.3, 0.4) is 0 Å². The third-order valence-corrected chi connectivity index (χ3v) is 5.14. The van der Waals surface area contributed by atoms with Gasteiger partial charge >= 0.3 is 0 Å². The van der Waals surface area contributed by atoms with Crippen LogP contribution in [0, 0.1) is 0 Å². The molecule has 1 N–H and O–H groups in total. The number of nitrogens with one attached hydrogen (secondary N) is 1. The summed E-state index contributed by atoms with van der Waals surface area (Å²) in [4.78, 5) is 15.3. The average molecular weight is 390 g/mol. The van der Waals surface area contributed by atoms with Gasteiger partial charge in [-0.05, 0) is 46.1 Å². The first-order valence-corrected chi connectivity index (χ1v) is 9.29. The summed E-state index contributed by atoms with van der Waals surface area (Å²) < 4.78 is 1.20. The SMILES string of the molecule is CC(C)(C)c1cc(CCC(=O)c2ccc[nH]2)cc(C(C)(C)C)c1Br. The van der Waals surface area contributed by atoms with Crippen molar-refractivity contribution in [2.24, 2.45) is 0 Å². The van der Waals surface area contributed by atoms with Gasteiger partial charge in [0.15, 0.2) is 5.78 Å². The van der Waals surface area contributed by atoms with Crippen molar-refractivity contribution in [1.82, 2.24) is 4.98 Å². The summed E-state index contributed by atoms with van der Waals surface area (Å²) in [7, 11) is 0. The minimum absolute atomic E-state index is 0.0539. The van der Waals surface area contributed by atoms with Gasteiger partial charge in [-0.2, -0.15) is 0 Å². The fraction of sp³-hybridized carbons (Fsp3) is 0.476. The van der Waals surface area contributed by atoms with Gasteiger partial charge in [-0.15, -0.1) is 0 Å². The number of H-pyrrole nitrogens is 1. The monoisotopic (exact) mass is 389 g/mol. The number of hydrogen-bond donors (Lipinski definition) is 1. The fourth-order valence-electron chi connectivity index (χ4n) is 2.82. The van der Waals surface area contributed by atoms with Crippen LogP contribution in [0.15, 0.2) is 34.9 Å². The van der Waals surface area contributed by atoms with Gasteiger partial charge in [-0.3, -0.25) is 4.79 Å². The van der Waals surface area contributed by atoms with Crippen LogP contribution in [0.1, 0.15) is 75.1 Å². The van der Waals surface area contributed by atoms with E-state index in [0.717, 1.165) is 6.42 Å². The molecule has 1 aromatic heterocycles. The molecule has 0 aliphatic carbocycles. The second-order valence-electron chi connectivity index (χ2n) is 8.51. The highest BCUT2D eigenvalue weighted by Crippen LogP contribution is 2.38. The van der Waals surface area contributed by atoms with E-state index in [9.17, 15) is 4.79 Å². The lowest BCUT2D eigenvalue weighted by Crippen LogP contribution is -2.19. The summed E-state index contributed by atoms with van der Waals surface area (Å²) in [5, 5.41) is 0. The smallest absolute Gasteiger partial charge is 0.179 e. The van der Waals surface area contributed by atoms with Crippen molar-refractivity contribution in [3.05, 3.63) is 57.3 Å². The maximum absolute atomic E-state index is 12.3. The summed E-state index contributed by atoms with van der Waals surface area (Å²) in [6, 6.07) is 8.20. The number of carbonyl (C=O) groups excluding carboxylic acids is 1. The summed E-state index contributed by atoms with van der Waals surface area (Å²) in [5.41, 5.74) is 4.64. The number of halogens is 1. The molecule has 0 aliphatic heterocycles. The van der Waals surface area contributed by atoms with Crippen molar-refractivity contribution >= 4 is 21.7 Å². The topological polar surface area (TPSA) is 32.9 Å². The van der Waals surface area contributed by atoms with Gasteiger partial charge in [0, 0.05) is 17.1 Å². The lowest BCUT2D eigenvalue weighted by atomic mass is 9.79. The van der Waals surface area contributed by atoms with E-state index in [1.54, 1.807) is 6.20 Å². The molecule has 130 valence electrons. The fourth-order valence-corrected chi connectivity index (χ4v) is 4.23. The molecular formula is C21H28BrNO. The molecule has 0 aliphatic rings. The molecular weight excluding hydrogens is 362 g/mol. The molecule has 1 heterocycles. The molecule has 0 fully saturated rings. The Morgan fingerprint density at radius 3 is 2.00 bits per heavy atom. The van der Waals surface area contributed by atoms with E-state index in [2.05, 4.69) is 74.6 Å². The van der Waals surface area contributed by atoms with Gasteiger partial charge in [-0.25, -0.2) is 0 Å². The molecule has 0 atom stereocenters. The van der Waals surface area contributed by atoms with Gasteiger partial charge in [0.2, 0.25) is 0 Å². The maximum atomic E-state index is 12.3. The highest BCUT2D eigenvalue weighted by atomic mass is 79.9. The van der Waals surface area contributed by atoms with Gasteiger partial charge in [-0.1, -0.05) is 69.6 Å². The molecule has 3 heteroatoms. The van der Waals surface area contributed by atoms with Crippen LogP contribution in [0.5, 0.6) is 0 Å². The molecule has 0 spiro atoms. The van der Waals surface area contributed by atoms with Crippen molar-refractivity contribution in [3.63, 3.8) is 0 Å². The molecule has 0 saturated carbocycles. The number of Topliss-reactive ketones (excluding diaryl/α,β-unsaturated/α-hetero) is 1. The third kappa shape index (κ3) is 4.38. The number of aryl methyl sites for hydroxylation is 1. The predicted octanol–water partition coefficient (Wildman–Crippen LogP) is 6.19. The largest absolute Gasteiger partial charge is 0.359 e. The molecule has 1 aromatic carbocycles. The average Bonchev–Trinajstić information content (AvgIpc) is 2.97. The van der Waals surface area contributed by atoms with E-state index in [4.69, 9.17) is 0 Å². The van der Waals surface area contributed by atoms with Gasteiger partial charge in [0.1, 0.15) is 0 Å². The van der Waals surface area contributed by atoms with E-state index >= 15 is 0 Å². The minimum atomic E-state index is 0.0539. The summed E-state index contributed by atoms with van der Waals surface area (Å²) >= 11 is 3.83. The standard InChI is InChI=1S/C21H28BrNO/c1-20(2,3)15-12-14(13-16(19(15)22)21(4,5)6)9-10-18(24)17-8-7-11-23-17/h7-8,11-13,23H,9-10H2,1-6H3. The highest BCUT2D eigenvalue weighted by Gasteiger charge is 2.25. The Hall–Kier alpha value is -1.35. The van der Waals surface area contributed by atoms with E-state index in [1.165, 1.54) is 21.2 Å². The van der Waals surface area contributed by atoms with Crippen molar-refractivity contribution in [2.45, 2.75) is 65.2 Å². The molecule has 0 unspecified atom stereocenters. The Balaban J connectivity index is 2.34. The maximum Gasteiger partial charge on any atom is 0.179 e. The Morgan fingerprint density at radius 1 is 1.04 bits per heavy atom. The van der Waals surface area contributed by atoms with E-state index < -0.39 is 0 Å². The first-order valence-electron chi connectivity index (χ1n) is 8.50. The van der Waals surface area contributed by atoms with Crippen LogP contribution in [0.25, 0.3) is 0 Å². The first-order chi connectivity index (χ1) is 11.0. The third-order valence-electron chi connectivity index (χ3n) is 4.29. The Labute approximate surface area is 154 Å². The van der Waals surface area contributed by atoms with E-state index in [0.29, 0.717) is 12.1 Å². The van der Waals surface area contributed by atoms with Crippen LogP contribution in [0.2, 0.25) is 0 Å². The van der Waals surface area contributed by atoms with Crippen molar-refractivity contribution in [2.75, 3.05) is 0 Å². The Kier molecular flexibility index (Phi) is 5.44. The molecule has 24 heavy (non-hydrogen) atoms. The lowest BCUT2D eigenvalue weighted by molar-refractivity contribution is 0.0978. The van der Waals surface area contributed by atoms with Gasteiger partial charge in [0.25, 0.3) is 0 Å². The summed E-state index contributed by atoms with van der Waals surface area (Å²) in [5.74, 6) is 0.164. The number of carbonyl (C=O) groups is 1. The summed E-state index contributed by atoms with van der Waals surface area (Å²) in [6.45, 7) is 13.4. The number of ketones is 1. The molecule has 0 bridgehead atoms. The number of aromatic nitrogens is 1. The number of benzene rings is 1. The van der Waals surface area contributed by atoms with Crippen molar-refractivity contribution in [1.29, 1.82) is 0 Å². The van der Waals surface area contributed by atoms with Crippen LogP contribution < -0.4 is 0 Å². The Morgan fingerprint density at radius 2 is 1.58 bits per heavy atom. The second-order valence-corrected chi connectivity index (χ2v) is 9.30. The molecule has 0 amide bonds. The van der Waals surface area contributed by atoms with Crippen LogP contribution in [0.4, 0.5) is 0 Å². The molecule has 2 aromatic rings. The first kappa shape index (κ1) is 19.0. The van der Waals surface area contributed by atoms with E-state index in [-0.39, 0.29) is 16.6 Å². The quantitative estimate of drug-likeness (QED) is 0.621. The van der Waals surface area contributed by atoms with Crippen LogP contribution >= 0.6 is 15.9 Å². The predicted molar refractivity (Wildman–Crippen MR) is 105 cm³/mol. The van der Waals surface area contributed by atoms with Crippen LogP contribution in [-0.2, 0) is 17.3 Å². The van der Waals surface area contributed by atoms with Crippen LogP contribution in [-0.4, -0.2) is 10.8 Å². The second kappa shape index (κ2) is 6.87. The van der Waals surface area contributed by atoms with Gasteiger partial charge < -0.3 is 4.98 Å². The zero-order chi connectivity index (χ0) is 18.1. The van der Waals surface area contributed by atoms with Crippen molar-refractivity contribution < 1.29 is 4.79 Å². The normalized spacial score (nSPS) is 12.5. The molecule has 0 saturated heterocycles. The zero-order valence-electron chi connectivity index (χ0n) is 15.6.